The lowest BCUT2D eigenvalue weighted by Crippen LogP contribution is -2.23. The van der Waals surface area contributed by atoms with Crippen LogP contribution in [0, 0.1) is 17.1 Å². The molecule has 0 saturated carbocycles. The van der Waals surface area contributed by atoms with Gasteiger partial charge in [0, 0.05) is 18.5 Å². The Balaban J connectivity index is 2.06. The predicted molar refractivity (Wildman–Crippen MR) is 70.4 cm³/mol. The Morgan fingerprint density at radius 3 is 2.90 bits per heavy atom. The van der Waals surface area contributed by atoms with Gasteiger partial charge in [0.2, 0.25) is 0 Å². The molecule has 5 heteroatoms. The molecule has 0 spiro atoms. The molecule has 1 aromatic heterocycles. The standard InChI is InChI=1S/C15H13FN2O2/c1-2-14-12(5-6-20-14)15(19)18-9-11-4-3-10(8-17)7-13(11)16/h3-7H,2,9H2,1H3,(H,18,19). The Morgan fingerprint density at radius 1 is 1.45 bits per heavy atom. The maximum Gasteiger partial charge on any atom is 0.255 e. The molecule has 20 heavy (non-hydrogen) atoms. The zero-order chi connectivity index (χ0) is 14.5. The van der Waals surface area contributed by atoms with Crippen LogP contribution >= 0.6 is 0 Å². The third-order valence-corrected chi connectivity index (χ3v) is 2.93. The summed E-state index contributed by atoms with van der Waals surface area (Å²) in [5.74, 6) is -0.214. The van der Waals surface area contributed by atoms with E-state index in [2.05, 4.69) is 5.32 Å². The Kier molecular flexibility index (Phi) is 4.16. The SMILES string of the molecule is CCc1occc1C(=O)NCc1ccc(C#N)cc1F. The molecule has 2 aromatic rings. The first-order chi connectivity index (χ1) is 9.65. The molecule has 102 valence electrons. The van der Waals surface area contributed by atoms with Crippen molar-refractivity contribution in [3.63, 3.8) is 0 Å². The fourth-order valence-corrected chi connectivity index (χ4v) is 1.85. The number of carbonyl (C=O) groups is 1. The summed E-state index contributed by atoms with van der Waals surface area (Å²) in [6, 6.07) is 7.60. The molecule has 0 bridgehead atoms. The second-order valence-corrected chi connectivity index (χ2v) is 4.21. The zero-order valence-corrected chi connectivity index (χ0v) is 10.9. The number of carbonyl (C=O) groups excluding carboxylic acids is 1. The molecule has 0 radical (unpaired) electrons. The quantitative estimate of drug-likeness (QED) is 0.930. The summed E-state index contributed by atoms with van der Waals surface area (Å²) in [6.45, 7) is 1.95. The third-order valence-electron chi connectivity index (χ3n) is 2.93. The number of nitrogens with zero attached hydrogens (tertiary/aromatic N) is 1. The van der Waals surface area contributed by atoms with Gasteiger partial charge in [-0.15, -0.1) is 0 Å². The minimum atomic E-state index is -0.507. The lowest BCUT2D eigenvalue weighted by molar-refractivity contribution is 0.0948. The highest BCUT2D eigenvalue weighted by Crippen LogP contribution is 2.13. The van der Waals surface area contributed by atoms with Gasteiger partial charge in [-0.05, 0) is 18.2 Å². The molecule has 0 atom stereocenters. The van der Waals surface area contributed by atoms with E-state index in [1.165, 1.54) is 18.4 Å². The minimum Gasteiger partial charge on any atom is -0.469 e. The molecule has 2 rings (SSSR count). The highest BCUT2D eigenvalue weighted by molar-refractivity contribution is 5.95. The number of rotatable bonds is 4. The molecule has 1 heterocycles. The van der Waals surface area contributed by atoms with Gasteiger partial charge in [-0.3, -0.25) is 4.79 Å². The van der Waals surface area contributed by atoms with E-state index in [0.717, 1.165) is 6.07 Å². The molecule has 1 amide bonds. The van der Waals surface area contributed by atoms with E-state index in [4.69, 9.17) is 9.68 Å². The lowest BCUT2D eigenvalue weighted by atomic mass is 10.1. The van der Waals surface area contributed by atoms with Gasteiger partial charge in [0.15, 0.2) is 0 Å². The Labute approximate surface area is 115 Å². The van der Waals surface area contributed by atoms with Crippen LogP contribution in [0.1, 0.15) is 34.2 Å². The number of nitrogens with one attached hydrogen (secondary N) is 1. The fraction of sp³-hybridized carbons (Fsp3) is 0.200. The second kappa shape index (κ2) is 6.02. The van der Waals surface area contributed by atoms with Crippen LogP contribution in [-0.4, -0.2) is 5.91 Å². The Morgan fingerprint density at radius 2 is 2.25 bits per heavy atom. The van der Waals surface area contributed by atoms with Crippen molar-refractivity contribution in [3.05, 3.63) is 58.8 Å². The summed E-state index contributed by atoms with van der Waals surface area (Å²) in [6.07, 6.45) is 2.07. The van der Waals surface area contributed by atoms with Crippen LogP contribution in [0.4, 0.5) is 4.39 Å². The van der Waals surface area contributed by atoms with Crippen molar-refractivity contribution >= 4 is 5.91 Å². The van der Waals surface area contributed by atoms with Crippen molar-refractivity contribution in [1.29, 1.82) is 5.26 Å². The van der Waals surface area contributed by atoms with E-state index in [9.17, 15) is 9.18 Å². The number of hydrogen-bond donors (Lipinski definition) is 1. The summed E-state index contributed by atoms with van der Waals surface area (Å²) in [5, 5.41) is 11.3. The van der Waals surface area contributed by atoms with Gasteiger partial charge in [-0.2, -0.15) is 5.26 Å². The smallest absolute Gasteiger partial charge is 0.255 e. The van der Waals surface area contributed by atoms with Gasteiger partial charge in [0.25, 0.3) is 5.91 Å². The van der Waals surface area contributed by atoms with Crippen LogP contribution in [0.3, 0.4) is 0 Å². The molecule has 1 N–H and O–H groups in total. The summed E-state index contributed by atoms with van der Waals surface area (Å²) in [7, 11) is 0. The van der Waals surface area contributed by atoms with Gasteiger partial charge in [0.1, 0.15) is 11.6 Å². The second-order valence-electron chi connectivity index (χ2n) is 4.21. The first kappa shape index (κ1) is 13.8. The normalized spacial score (nSPS) is 10.1. The van der Waals surface area contributed by atoms with E-state index in [1.807, 2.05) is 13.0 Å². The number of aryl methyl sites for hydroxylation is 1. The van der Waals surface area contributed by atoms with E-state index >= 15 is 0 Å². The van der Waals surface area contributed by atoms with Crippen molar-refractivity contribution in [3.8, 4) is 6.07 Å². The van der Waals surface area contributed by atoms with Crippen LogP contribution in [0.5, 0.6) is 0 Å². The van der Waals surface area contributed by atoms with E-state index < -0.39 is 5.82 Å². The molecule has 0 fully saturated rings. The van der Waals surface area contributed by atoms with Gasteiger partial charge in [0.05, 0.1) is 23.5 Å². The summed E-state index contributed by atoms with van der Waals surface area (Å²) < 4.78 is 18.8. The number of furan rings is 1. The monoisotopic (exact) mass is 272 g/mol. The van der Waals surface area contributed by atoms with Crippen molar-refractivity contribution in [1.82, 2.24) is 5.32 Å². The molecule has 0 aliphatic rings. The number of halogens is 1. The summed E-state index contributed by atoms with van der Waals surface area (Å²) in [5.41, 5.74) is 1.04. The van der Waals surface area contributed by atoms with E-state index in [0.29, 0.717) is 23.3 Å². The number of nitriles is 1. The van der Waals surface area contributed by atoms with Crippen LogP contribution in [-0.2, 0) is 13.0 Å². The van der Waals surface area contributed by atoms with Gasteiger partial charge >= 0.3 is 0 Å². The Hall–Kier alpha value is -2.61. The molecular weight excluding hydrogens is 259 g/mol. The van der Waals surface area contributed by atoms with Crippen molar-refractivity contribution < 1.29 is 13.6 Å². The van der Waals surface area contributed by atoms with Crippen LogP contribution < -0.4 is 5.32 Å². The molecular formula is C15H13FN2O2. The largest absolute Gasteiger partial charge is 0.469 e. The van der Waals surface area contributed by atoms with Crippen molar-refractivity contribution in [2.45, 2.75) is 19.9 Å². The highest BCUT2D eigenvalue weighted by Gasteiger charge is 2.13. The average Bonchev–Trinajstić information content (AvgIpc) is 2.94. The van der Waals surface area contributed by atoms with Gasteiger partial charge < -0.3 is 9.73 Å². The van der Waals surface area contributed by atoms with Crippen LogP contribution in [0.25, 0.3) is 0 Å². The first-order valence-corrected chi connectivity index (χ1v) is 6.18. The molecule has 4 nitrogen and oxygen atoms in total. The summed E-state index contributed by atoms with van der Waals surface area (Å²) >= 11 is 0. The molecule has 1 aromatic carbocycles. The molecule has 0 unspecified atom stereocenters. The van der Waals surface area contributed by atoms with Crippen LogP contribution in [0.2, 0.25) is 0 Å². The number of benzene rings is 1. The fourth-order valence-electron chi connectivity index (χ4n) is 1.85. The topological polar surface area (TPSA) is 66.0 Å². The number of amides is 1. The van der Waals surface area contributed by atoms with E-state index in [-0.39, 0.29) is 18.0 Å². The first-order valence-electron chi connectivity index (χ1n) is 6.18. The number of hydrogen-bond acceptors (Lipinski definition) is 3. The maximum atomic E-state index is 13.7. The third kappa shape index (κ3) is 2.86. The van der Waals surface area contributed by atoms with Crippen molar-refractivity contribution in [2.75, 3.05) is 0 Å². The Bertz CT molecular complexity index is 671. The molecule has 0 aliphatic carbocycles. The van der Waals surface area contributed by atoms with Gasteiger partial charge in [-0.1, -0.05) is 13.0 Å². The summed E-state index contributed by atoms with van der Waals surface area (Å²) in [4.78, 5) is 11.9. The minimum absolute atomic E-state index is 0.0602. The molecule has 0 aliphatic heterocycles. The average molecular weight is 272 g/mol. The van der Waals surface area contributed by atoms with E-state index in [1.54, 1.807) is 6.07 Å². The van der Waals surface area contributed by atoms with Crippen molar-refractivity contribution in [2.24, 2.45) is 0 Å². The predicted octanol–water partition coefficient (Wildman–Crippen LogP) is 2.78. The maximum absolute atomic E-state index is 13.7. The lowest BCUT2D eigenvalue weighted by Gasteiger charge is -2.06. The highest BCUT2D eigenvalue weighted by atomic mass is 19.1. The van der Waals surface area contributed by atoms with Gasteiger partial charge in [-0.25, -0.2) is 4.39 Å². The zero-order valence-electron chi connectivity index (χ0n) is 10.9. The van der Waals surface area contributed by atoms with Crippen LogP contribution in [0.15, 0.2) is 34.9 Å². The molecule has 0 saturated heterocycles.